The van der Waals surface area contributed by atoms with Crippen molar-refractivity contribution in [2.24, 2.45) is 0 Å². The predicted molar refractivity (Wildman–Crippen MR) is 118 cm³/mol. The molecule has 0 bridgehead atoms. The Morgan fingerprint density at radius 2 is 1.77 bits per heavy atom. The number of rotatable bonds is 3. The Morgan fingerprint density at radius 1 is 1.03 bits per heavy atom. The maximum absolute atomic E-state index is 12.7. The zero-order valence-electron chi connectivity index (χ0n) is 17.3. The van der Waals surface area contributed by atoms with Gasteiger partial charge in [0.25, 0.3) is 0 Å². The number of hydrogen-bond acceptors (Lipinski definition) is 7. The van der Waals surface area contributed by atoms with Crippen LogP contribution in [0.1, 0.15) is 34.6 Å². The largest absolute Gasteiger partial charge is 0.497 e. The van der Waals surface area contributed by atoms with E-state index in [-0.39, 0.29) is 5.78 Å². The summed E-state index contributed by atoms with van der Waals surface area (Å²) in [6.45, 7) is 7.30. The van der Waals surface area contributed by atoms with Gasteiger partial charge in [-0.1, -0.05) is 12.1 Å². The normalized spacial score (nSPS) is 11.6. The summed E-state index contributed by atoms with van der Waals surface area (Å²) in [5.41, 5.74) is 4.66. The highest BCUT2D eigenvalue weighted by Gasteiger charge is 2.24. The first kappa shape index (κ1) is 18.6. The van der Waals surface area contributed by atoms with Crippen LogP contribution < -0.4 is 4.74 Å². The number of aromatic nitrogens is 5. The summed E-state index contributed by atoms with van der Waals surface area (Å²) < 4.78 is 8.17. The lowest BCUT2D eigenvalue weighted by molar-refractivity contribution is 0.101. The lowest BCUT2D eigenvalue weighted by atomic mass is 9.93. The molecule has 0 unspecified atom stereocenters. The van der Waals surface area contributed by atoms with Gasteiger partial charge in [0.2, 0.25) is 0 Å². The molecule has 8 heteroatoms. The number of fused-ring (bicyclic) bond motifs is 5. The van der Waals surface area contributed by atoms with Crippen molar-refractivity contribution >= 4 is 43.2 Å². The molecule has 0 spiro atoms. The van der Waals surface area contributed by atoms with Gasteiger partial charge in [0.1, 0.15) is 26.9 Å². The number of ketones is 1. The van der Waals surface area contributed by atoms with Crippen molar-refractivity contribution in [2.45, 2.75) is 27.7 Å². The number of Topliss-reactive ketones (excluding diaryl/α,β-unsaturated/α-hetero) is 1. The summed E-state index contributed by atoms with van der Waals surface area (Å²) in [7, 11) is 1.63. The quantitative estimate of drug-likeness (QED) is 0.396. The summed E-state index contributed by atoms with van der Waals surface area (Å²) in [5, 5.41) is 9.49. The molecule has 0 amide bonds. The molecule has 0 aliphatic heterocycles. The Bertz CT molecular complexity index is 1480. The second-order valence-corrected chi connectivity index (χ2v) is 8.26. The fourth-order valence-corrected chi connectivity index (χ4v) is 5.22. The second kappa shape index (κ2) is 6.56. The highest BCUT2D eigenvalue weighted by Crippen LogP contribution is 2.42. The Hall–Kier alpha value is -3.39. The van der Waals surface area contributed by atoms with Gasteiger partial charge in [0, 0.05) is 16.5 Å². The van der Waals surface area contributed by atoms with E-state index in [1.807, 2.05) is 49.4 Å². The first-order valence-corrected chi connectivity index (χ1v) is 10.3. The minimum atomic E-state index is -0.0248. The van der Waals surface area contributed by atoms with E-state index in [1.165, 1.54) is 11.3 Å². The monoisotopic (exact) mass is 417 g/mol. The topological polar surface area (TPSA) is 82.3 Å². The van der Waals surface area contributed by atoms with Gasteiger partial charge in [-0.15, -0.1) is 21.5 Å². The maximum atomic E-state index is 12.7. The molecule has 0 aliphatic rings. The molecule has 30 heavy (non-hydrogen) atoms. The molecule has 0 saturated heterocycles. The molecule has 0 aliphatic carbocycles. The van der Waals surface area contributed by atoms with Gasteiger partial charge < -0.3 is 4.74 Å². The summed E-state index contributed by atoms with van der Waals surface area (Å²) in [6.07, 6.45) is 0. The molecule has 0 radical (unpaired) electrons. The van der Waals surface area contributed by atoms with Crippen molar-refractivity contribution < 1.29 is 9.53 Å². The number of pyridine rings is 1. The zero-order chi connectivity index (χ0) is 21.2. The third-order valence-corrected chi connectivity index (χ3v) is 6.42. The average Bonchev–Trinajstić information content (AvgIpc) is 3.28. The van der Waals surface area contributed by atoms with E-state index in [9.17, 15) is 4.79 Å². The van der Waals surface area contributed by atoms with Crippen LogP contribution in [0.3, 0.4) is 0 Å². The van der Waals surface area contributed by atoms with Gasteiger partial charge in [-0.25, -0.2) is 9.97 Å². The maximum Gasteiger partial charge on any atom is 0.181 e. The van der Waals surface area contributed by atoms with Gasteiger partial charge in [-0.2, -0.15) is 0 Å². The summed E-state index contributed by atoms with van der Waals surface area (Å²) in [6, 6.07) is 7.73. The standard InChI is InChI=1S/C22H19N5O2S/c1-10-16(11(2)28)17(14-6-8-15(29-5)9-7-14)18-19-20(30-22(18)23-10)21-26-25-13(4)27(21)12(3)24-19/h6-9H,1-5H3. The Morgan fingerprint density at radius 3 is 2.43 bits per heavy atom. The average molecular weight is 417 g/mol. The van der Waals surface area contributed by atoms with Crippen molar-refractivity contribution in [1.82, 2.24) is 24.6 Å². The molecule has 5 rings (SSSR count). The Balaban J connectivity index is 1.99. The molecule has 0 fully saturated rings. The molecule has 7 nitrogen and oxygen atoms in total. The van der Waals surface area contributed by atoms with Gasteiger partial charge in [-0.05, 0) is 45.4 Å². The van der Waals surface area contributed by atoms with Crippen LogP contribution in [0.2, 0.25) is 0 Å². The lowest BCUT2D eigenvalue weighted by Crippen LogP contribution is -2.03. The van der Waals surface area contributed by atoms with Crippen LogP contribution >= 0.6 is 11.3 Å². The van der Waals surface area contributed by atoms with Crippen LogP contribution in [0, 0.1) is 20.8 Å². The van der Waals surface area contributed by atoms with Crippen LogP contribution in [0.5, 0.6) is 5.75 Å². The van der Waals surface area contributed by atoms with E-state index < -0.39 is 0 Å². The molecule has 150 valence electrons. The number of ether oxygens (including phenoxy) is 1. The summed E-state index contributed by atoms with van der Waals surface area (Å²) in [4.78, 5) is 23.2. The SMILES string of the molecule is COc1ccc(-c2c(C(C)=O)c(C)nc3sc4c(nc(C)n5c(C)nnc45)c23)cc1. The molecule has 4 heterocycles. The molecule has 0 atom stereocenters. The smallest absolute Gasteiger partial charge is 0.181 e. The van der Waals surface area contributed by atoms with E-state index >= 15 is 0 Å². The Kier molecular flexibility index (Phi) is 4.08. The summed E-state index contributed by atoms with van der Waals surface area (Å²) >= 11 is 1.53. The van der Waals surface area contributed by atoms with Crippen molar-refractivity contribution in [3.8, 4) is 16.9 Å². The van der Waals surface area contributed by atoms with Crippen LogP contribution in [0.4, 0.5) is 0 Å². The zero-order valence-corrected chi connectivity index (χ0v) is 18.1. The van der Waals surface area contributed by atoms with Crippen LogP contribution in [0.25, 0.3) is 37.2 Å². The number of carbonyl (C=O) groups is 1. The van der Waals surface area contributed by atoms with Crippen molar-refractivity contribution in [3.63, 3.8) is 0 Å². The first-order chi connectivity index (χ1) is 14.4. The van der Waals surface area contributed by atoms with E-state index in [0.29, 0.717) is 11.3 Å². The van der Waals surface area contributed by atoms with Crippen molar-refractivity contribution in [3.05, 3.63) is 47.2 Å². The van der Waals surface area contributed by atoms with Crippen LogP contribution in [-0.4, -0.2) is 37.5 Å². The van der Waals surface area contributed by atoms with Crippen LogP contribution in [0.15, 0.2) is 24.3 Å². The number of thiophene rings is 1. The number of methoxy groups -OCH3 is 1. The molecule has 4 aromatic heterocycles. The second-order valence-electron chi connectivity index (χ2n) is 7.26. The minimum Gasteiger partial charge on any atom is -0.497 e. The summed E-state index contributed by atoms with van der Waals surface area (Å²) in [5.74, 6) is 2.32. The molecule has 5 aromatic rings. The van der Waals surface area contributed by atoms with Gasteiger partial charge >= 0.3 is 0 Å². The van der Waals surface area contributed by atoms with Crippen LogP contribution in [-0.2, 0) is 0 Å². The fourth-order valence-electron chi connectivity index (χ4n) is 4.07. The number of hydrogen-bond donors (Lipinski definition) is 0. The molecule has 0 N–H and O–H groups in total. The number of aryl methyl sites for hydroxylation is 3. The third kappa shape index (κ3) is 2.53. The molecular weight excluding hydrogens is 398 g/mol. The van der Waals surface area contributed by atoms with E-state index in [1.54, 1.807) is 14.0 Å². The Labute approximate surface area is 176 Å². The first-order valence-electron chi connectivity index (χ1n) is 9.51. The predicted octanol–water partition coefficient (Wildman–Crippen LogP) is 4.69. The minimum absolute atomic E-state index is 0.0248. The van der Waals surface area contributed by atoms with Gasteiger partial charge in [0.05, 0.1) is 18.3 Å². The molecular formula is C22H19N5O2S. The highest BCUT2D eigenvalue weighted by atomic mass is 32.1. The van der Waals surface area contributed by atoms with Gasteiger partial charge in [0.15, 0.2) is 11.4 Å². The molecule has 1 aromatic carbocycles. The number of nitrogens with zero attached hydrogens (tertiary/aromatic N) is 5. The van der Waals surface area contributed by atoms with E-state index in [2.05, 4.69) is 10.2 Å². The number of carbonyl (C=O) groups excluding carboxylic acids is 1. The van der Waals surface area contributed by atoms with Gasteiger partial charge in [-0.3, -0.25) is 9.20 Å². The van der Waals surface area contributed by atoms with Crippen molar-refractivity contribution in [2.75, 3.05) is 7.11 Å². The lowest BCUT2D eigenvalue weighted by Gasteiger charge is -2.13. The van der Waals surface area contributed by atoms with E-state index in [0.717, 1.165) is 54.6 Å². The highest BCUT2D eigenvalue weighted by molar-refractivity contribution is 7.26. The van der Waals surface area contributed by atoms with Crippen molar-refractivity contribution in [1.29, 1.82) is 0 Å². The van der Waals surface area contributed by atoms with E-state index in [4.69, 9.17) is 14.7 Å². The third-order valence-electron chi connectivity index (χ3n) is 5.35. The number of benzene rings is 1. The molecule has 0 saturated carbocycles. The fraction of sp³-hybridized carbons (Fsp3) is 0.227.